The summed E-state index contributed by atoms with van der Waals surface area (Å²) in [5, 5.41) is 4.02. The molecule has 2 rings (SSSR count). The minimum Gasteiger partial charge on any atom is -0.330 e. The summed E-state index contributed by atoms with van der Waals surface area (Å²) in [4.78, 5) is 0. The molecular formula is C12H13ClF3N2. The molecule has 1 aliphatic heterocycles. The Hall–Kier alpha value is -1.20. The molecule has 99 valence electrons. The predicted octanol–water partition coefficient (Wildman–Crippen LogP) is 3.46. The van der Waals surface area contributed by atoms with Crippen molar-refractivity contribution in [2.24, 2.45) is 5.73 Å². The molecule has 0 spiro atoms. The Labute approximate surface area is 109 Å². The topological polar surface area (TPSA) is 40.1 Å². The zero-order chi connectivity index (χ0) is 12.6. The number of allylic oxidation sites excluding steroid dienone is 1. The van der Waals surface area contributed by atoms with Gasteiger partial charge in [0.15, 0.2) is 0 Å². The summed E-state index contributed by atoms with van der Waals surface area (Å²) in [6.07, 6.45) is -3.82. The van der Waals surface area contributed by atoms with Crippen molar-refractivity contribution in [3.05, 3.63) is 35.0 Å². The van der Waals surface area contributed by atoms with Crippen molar-refractivity contribution in [1.82, 2.24) is 5.32 Å². The monoisotopic (exact) mass is 277 g/mol. The van der Waals surface area contributed by atoms with Crippen molar-refractivity contribution < 1.29 is 13.2 Å². The van der Waals surface area contributed by atoms with Crippen LogP contribution in [0.3, 0.4) is 0 Å². The minimum atomic E-state index is -4.37. The molecule has 1 heterocycles. The lowest BCUT2D eigenvalue weighted by Gasteiger charge is -2.11. The zero-order valence-electron chi connectivity index (χ0n) is 9.71. The van der Waals surface area contributed by atoms with Gasteiger partial charge >= 0.3 is 6.18 Å². The fourth-order valence-electron chi connectivity index (χ4n) is 2.03. The lowest BCUT2D eigenvalue weighted by molar-refractivity contribution is -0.137. The highest BCUT2D eigenvalue weighted by Crippen LogP contribution is 2.44. The van der Waals surface area contributed by atoms with Crippen LogP contribution in [-0.4, -0.2) is 6.54 Å². The van der Waals surface area contributed by atoms with Crippen LogP contribution in [0.25, 0.3) is 5.57 Å². The molecule has 0 atom stereocenters. The second-order valence-electron chi connectivity index (χ2n) is 3.91. The lowest BCUT2D eigenvalue weighted by atomic mass is 10.00. The zero-order valence-corrected chi connectivity index (χ0v) is 10.5. The number of rotatable bonds is 2. The Balaban J connectivity index is 0.00000162. The molecule has 0 unspecified atom stereocenters. The van der Waals surface area contributed by atoms with Crippen LogP contribution in [0, 0.1) is 0 Å². The van der Waals surface area contributed by atoms with Gasteiger partial charge in [-0.1, -0.05) is 12.1 Å². The van der Waals surface area contributed by atoms with Gasteiger partial charge in [0.2, 0.25) is 0 Å². The summed E-state index contributed by atoms with van der Waals surface area (Å²) in [5.74, 6) is 0. The summed E-state index contributed by atoms with van der Waals surface area (Å²) >= 11 is 0. The number of para-hydroxylation sites is 1. The average molecular weight is 278 g/mol. The average Bonchev–Trinajstić information content (AvgIpc) is 2.54. The maximum absolute atomic E-state index is 12.8. The minimum absolute atomic E-state index is 0. The maximum Gasteiger partial charge on any atom is 0.418 e. The largest absolute Gasteiger partial charge is 0.418 e. The molecule has 0 aliphatic carbocycles. The van der Waals surface area contributed by atoms with Gasteiger partial charge in [0.25, 0.3) is 0 Å². The molecule has 0 amide bonds. The maximum atomic E-state index is 12.8. The fourth-order valence-corrected chi connectivity index (χ4v) is 2.03. The second kappa shape index (κ2) is 5.20. The van der Waals surface area contributed by atoms with Crippen molar-refractivity contribution in [3.63, 3.8) is 0 Å². The first-order valence-electron chi connectivity index (χ1n) is 5.27. The van der Waals surface area contributed by atoms with Crippen molar-refractivity contribution in [2.45, 2.75) is 19.5 Å². The Morgan fingerprint density at radius 1 is 1.28 bits per heavy atom. The van der Waals surface area contributed by atoms with Crippen LogP contribution >= 0.6 is 12.4 Å². The van der Waals surface area contributed by atoms with Crippen molar-refractivity contribution >= 4 is 23.7 Å². The second-order valence-corrected chi connectivity index (χ2v) is 3.91. The molecular weight excluding hydrogens is 265 g/mol. The molecule has 0 aromatic heterocycles. The summed E-state index contributed by atoms with van der Waals surface area (Å²) in [5.41, 5.74) is 6.80. The van der Waals surface area contributed by atoms with Gasteiger partial charge < -0.3 is 5.73 Å². The number of halogens is 4. The van der Waals surface area contributed by atoms with E-state index in [0.717, 1.165) is 11.6 Å². The number of hydrogen-bond donors (Lipinski definition) is 1. The number of nitrogens with zero attached hydrogens (tertiary/aromatic N) is 1. The number of nitrogens with two attached hydrogens (primary N) is 1. The van der Waals surface area contributed by atoms with Crippen LogP contribution in [0.5, 0.6) is 0 Å². The molecule has 0 saturated heterocycles. The predicted molar refractivity (Wildman–Crippen MR) is 66.8 cm³/mol. The highest BCUT2D eigenvalue weighted by Gasteiger charge is 2.37. The molecule has 2 N–H and O–H groups in total. The van der Waals surface area contributed by atoms with Gasteiger partial charge in [-0.2, -0.15) is 13.2 Å². The fraction of sp³-hybridized carbons (Fsp3) is 0.333. The van der Waals surface area contributed by atoms with Crippen LogP contribution in [-0.2, 0) is 6.18 Å². The molecule has 18 heavy (non-hydrogen) atoms. The smallest absolute Gasteiger partial charge is 0.330 e. The number of benzene rings is 1. The molecule has 1 radical (unpaired) electrons. The molecule has 1 aliphatic rings. The van der Waals surface area contributed by atoms with E-state index in [2.05, 4.69) is 5.32 Å². The molecule has 0 bridgehead atoms. The van der Waals surface area contributed by atoms with Crippen LogP contribution in [0.15, 0.2) is 23.9 Å². The Morgan fingerprint density at radius 3 is 2.50 bits per heavy atom. The van der Waals surface area contributed by atoms with E-state index in [0.29, 0.717) is 24.2 Å². The van der Waals surface area contributed by atoms with E-state index >= 15 is 0 Å². The third-order valence-corrected chi connectivity index (χ3v) is 2.78. The van der Waals surface area contributed by atoms with Crippen LogP contribution in [0.2, 0.25) is 0 Å². The third-order valence-electron chi connectivity index (χ3n) is 2.78. The van der Waals surface area contributed by atoms with Gasteiger partial charge in [0.1, 0.15) is 0 Å². The third kappa shape index (κ3) is 2.47. The Kier molecular flexibility index (Phi) is 4.29. The molecule has 0 saturated carbocycles. The van der Waals surface area contributed by atoms with Gasteiger partial charge in [-0.05, 0) is 31.5 Å². The number of alkyl halides is 3. The first kappa shape index (κ1) is 14.9. The van der Waals surface area contributed by atoms with E-state index in [4.69, 9.17) is 5.73 Å². The Morgan fingerprint density at radius 2 is 1.94 bits per heavy atom. The standard InChI is InChI=1S/C12H12F3N2.ClH/c1-7-8(5-6-16)9-3-2-4-10(11(9)17-7)12(13,14)15;/h2-4H,5-6,16H2,1H3;1H. The first-order valence-corrected chi connectivity index (χ1v) is 5.27. The molecule has 1 aromatic carbocycles. The normalized spacial score (nSPS) is 14.1. The van der Waals surface area contributed by atoms with Crippen molar-refractivity contribution in [2.75, 3.05) is 6.54 Å². The summed E-state index contributed by atoms with van der Waals surface area (Å²) in [7, 11) is 0. The van der Waals surface area contributed by atoms with Crippen LogP contribution < -0.4 is 11.1 Å². The van der Waals surface area contributed by atoms with E-state index in [1.165, 1.54) is 6.07 Å². The highest BCUT2D eigenvalue weighted by atomic mass is 35.5. The SMILES string of the molecule is CC1=C(CCN)c2cccc(C(F)(F)F)c2[N]1.Cl. The number of fused-ring (bicyclic) bond motifs is 1. The molecule has 6 heteroatoms. The summed E-state index contributed by atoms with van der Waals surface area (Å²) < 4.78 is 38.3. The molecule has 0 fully saturated rings. The van der Waals surface area contributed by atoms with Crippen LogP contribution in [0.4, 0.5) is 18.9 Å². The van der Waals surface area contributed by atoms with Gasteiger partial charge in [-0.25, -0.2) is 0 Å². The summed E-state index contributed by atoms with van der Waals surface area (Å²) in [6.45, 7) is 2.11. The van der Waals surface area contributed by atoms with Gasteiger partial charge in [-0.3, -0.25) is 5.32 Å². The molecule has 2 nitrogen and oxygen atoms in total. The van der Waals surface area contributed by atoms with E-state index in [9.17, 15) is 13.2 Å². The first-order chi connectivity index (χ1) is 7.95. The van der Waals surface area contributed by atoms with Crippen molar-refractivity contribution in [3.8, 4) is 0 Å². The van der Waals surface area contributed by atoms with Gasteiger partial charge in [0, 0.05) is 11.3 Å². The highest BCUT2D eigenvalue weighted by molar-refractivity contribution is 5.85. The lowest BCUT2D eigenvalue weighted by Crippen LogP contribution is -2.08. The quantitative estimate of drug-likeness (QED) is 0.883. The van der Waals surface area contributed by atoms with E-state index in [-0.39, 0.29) is 18.1 Å². The van der Waals surface area contributed by atoms with E-state index in [1.807, 2.05) is 0 Å². The Bertz CT molecular complexity index is 481. The summed E-state index contributed by atoms with van der Waals surface area (Å²) in [6, 6.07) is 4.13. The van der Waals surface area contributed by atoms with Crippen LogP contribution in [0.1, 0.15) is 24.5 Å². The van der Waals surface area contributed by atoms with E-state index < -0.39 is 11.7 Å². The number of hydrogen-bond acceptors (Lipinski definition) is 1. The van der Waals surface area contributed by atoms with E-state index in [1.54, 1.807) is 13.0 Å². The van der Waals surface area contributed by atoms with Crippen molar-refractivity contribution in [1.29, 1.82) is 0 Å². The molecule has 1 aromatic rings. The van der Waals surface area contributed by atoms with Gasteiger partial charge in [0.05, 0.1) is 11.3 Å². The van der Waals surface area contributed by atoms with Gasteiger partial charge in [-0.15, -0.1) is 12.4 Å².